The molecule has 2 aliphatic rings. The van der Waals surface area contributed by atoms with E-state index in [-0.39, 0.29) is 17.7 Å². The first kappa shape index (κ1) is 13.9. The molecule has 0 amide bonds. The Morgan fingerprint density at radius 3 is 2.95 bits per heavy atom. The number of hydrogen-bond acceptors (Lipinski definition) is 4. The van der Waals surface area contributed by atoms with Crippen molar-refractivity contribution in [3.8, 4) is 0 Å². The molecule has 0 spiro atoms. The van der Waals surface area contributed by atoms with Crippen LogP contribution in [0.1, 0.15) is 32.1 Å². The van der Waals surface area contributed by atoms with E-state index in [2.05, 4.69) is 10.4 Å². The van der Waals surface area contributed by atoms with Gasteiger partial charge in [0.2, 0.25) is 0 Å². The van der Waals surface area contributed by atoms with Crippen LogP contribution in [0.25, 0.3) is 0 Å². The van der Waals surface area contributed by atoms with Crippen molar-refractivity contribution in [1.82, 2.24) is 9.78 Å². The predicted octanol–water partition coefficient (Wildman–Crippen LogP) is 2.29. The molecule has 1 aromatic rings. The Morgan fingerprint density at radius 1 is 1.45 bits per heavy atom. The predicted molar refractivity (Wildman–Crippen MR) is 78.3 cm³/mol. The first-order chi connectivity index (χ1) is 9.69. The lowest BCUT2D eigenvalue weighted by Gasteiger charge is -2.21. The molecule has 1 heterocycles. The molecule has 1 aromatic heterocycles. The summed E-state index contributed by atoms with van der Waals surface area (Å²) >= 11 is 6.14. The van der Waals surface area contributed by atoms with E-state index in [1.54, 1.807) is 13.3 Å². The number of rotatable bonds is 5. The number of aromatic nitrogens is 2. The van der Waals surface area contributed by atoms with E-state index in [1.807, 2.05) is 0 Å². The molecule has 0 aromatic carbocycles. The molecule has 1 N–H and O–H groups in total. The number of nitrogens with one attached hydrogen (secondary N) is 1. The average Bonchev–Trinajstić information content (AvgIpc) is 3.14. The monoisotopic (exact) mass is 297 g/mol. The first-order valence-electron chi connectivity index (χ1n) is 7.24. The highest BCUT2D eigenvalue weighted by molar-refractivity contribution is 6.33. The lowest BCUT2D eigenvalue weighted by molar-refractivity contribution is 0.101. The van der Waals surface area contributed by atoms with Gasteiger partial charge in [0.05, 0.1) is 23.4 Å². The highest BCUT2D eigenvalue weighted by Crippen LogP contribution is 2.30. The maximum Gasteiger partial charge on any atom is 0.291 e. The zero-order valence-electron chi connectivity index (χ0n) is 11.6. The van der Waals surface area contributed by atoms with Crippen molar-refractivity contribution < 1.29 is 4.74 Å². The highest BCUT2D eigenvalue weighted by atomic mass is 35.5. The van der Waals surface area contributed by atoms with Crippen molar-refractivity contribution >= 4 is 17.3 Å². The summed E-state index contributed by atoms with van der Waals surface area (Å²) in [5.74, 6) is 0.604. The van der Waals surface area contributed by atoms with Crippen LogP contribution in [0.2, 0.25) is 5.02 Å². The number of hydrogen-bond donors (Lipinski definition) is 1. The first-order valence-corrected chi connectivity index (χ1v) is 7.61. The van der Waals surface area contributed by atoms with Gasteiger partial charge in [0, 0.05) is 13.7 Å². The highest BCUT2D eigenvalue weighted by Gasteiger charge is 2.29. The number of methoxy groups -OCH3 is 1. The Bertz CT molecular complexity index is 542. The summed E-state index contributed by atoms with van der Waals surface area (Å²) < 4.78 is 6.98. The second-order valence-corrected chi connectivity index (χ2v) is 6.16. The lowest BCUT2D eigenvalue weighted by Crippen LogP contribution is -2.34. The SMILES string of the molecule is COC1CCCC1Nc1c(Cl)cnn(CC2CC2)c1=O. The summed E-state index contributed by atoms with van der Waals surface area (Å²) in [6.07, 6.45) is 7.21. The zero-order valence-corrected chi connectivity index (χ0v) is 12.4. The largest absolute Gasteiger partial charge is 0.379 e. The van der Waals surface area contributed by atoms with E-state index in [0.29, 0.717) is 23.2 Å². The van der Waals surface area contributed by atoms with Crippen LogP contribution in [0.4, 0.5) is 5.69 Å². The third kappa shape index (κ3) is 2.83. The van der Waals surface area contributed by atoms with Crippen LogP contribution in [0, 0.1) is 5.92 Å². The second-order valence-electron chi connectivity index (χ2n) is 5.75. The molecule has 110 valence electrons. The van der Waals surface area contributed by atoms with Gasteiger partial charge in [-0.2, -0.15) is 5.10 Å². The van der Waals surface area contributed by atoms with Crippen LogP contribution in [-0.2, 0) is 11.3 Å². The summed E-state index contributed by atoms with van der Waals surface area (Å²) in [5, 5.41) is 7.81. The van der Waals surface area contributed by atoms with Crippen LogP contribution in [0.3, 0.4) is 0 Å². The van der Waals surface area contributed by atoms with Gasteiger partial charge in [-0.25, -0.2) is 4.68 Å². The number of halogens is 1. The molecule has 2 unspecified atom stereocenters. The summed E-state index contributed by atoms with van der Waals surface area (Å²) in [4.78, 5) is 12.4. The van der Waals surface area contributed by atoms with Gasteiger partial charge in [-0.1, -0.05) is 11.6 Å². The van der Waals surface area contributed by atoms with Crippen molar-refractivity contribution in [2.75, 3.05) is 12.4 Å². The van der Waals surface area contributed by atoms with Crippen molar-refractivity contribution in [2.45, 2.75) is 50.8 Å². The quantitative estimate of drug-likeness (QED) is 0.906. The van der Waals surface area contributed by atoms with E-state index in [9.17, 15) is 4.79 Å². The molecule has 2 atom stereocenters. The van der Waals surface area contributed by atoms with E-state index in [1.165, 1.54) is 17.5 Å². The third-order valence-electron chi connectivity index (χ3n) is 4.21. The molecule has 0 bridgehead atoms. The van der Waals surface area contributed by atoms with Gasteiger partial charge in [0.1, 0.15) is 5.69 Å². The minimum Gasteiger partial charge on any atom is -0.379 e. The Labute approximate surface area is 123 Å². The van der Waals surface area contributed by atoms with Gasteiger partial charge in [0.15, 0.2) is 0 Å². The van der Waals surface area contributed by atoms with Gasteiger partial charge in [-0.15, -0.1) is 0 Å². The molecule has 0 aliphatic heterocycles. The van der Waals surface area contributed by atoms with Gasteiger partial charge < -0.3 is 10.1 Å². The summed E-state index contributed by atoms with van der Waals surface area (Å²) in [5.41, 5.74) is 0.349. The Kier molecular flexibility index (Phi) is 3.98. The maximum absolute atomic E-state index is 12.4. The molecular formula is C14H20ClN3O2. The molecule has 3 rings (SSSR count). The molecule has 20 heavy (non-hydrogen) atoms. The fourth-order valence-corrected chi connectivity index (χ4v) is 3.01. The van der Waals surface area contributed by atoms with Gasteiger partial charge in [-0.05, 0) is 38.0 Å². The molecule has 0 radical (unpaired) electrons. The smallest absolute Gasteiger partial charge is 0.291 e. The van der Waals surface area contributed by atoms with E-state index < -0.39 is 0 Å². The molecule has 2 fully saturated rings. The standard InChI is InChI=1S/C14H20ClN3O2/c1-20-12-4-2-3-11(12)17-13-10(15)7-16-18(14(13)19)8-9-5-6-9/h7,9,11-12,17H,2-6,8H2,1H3. The minimum absolute atomic E-state index is 0.119. The molecule has 2 saturated carbocycles. The summed E-state index contributed by atoms with van der Waals surface area (Å²) in [6, 6.07) is 0.155. The number of nitrogens with zero attached hydrogens (tertiary/aromatic N) is 2. The van der Waals surface area contributed by atoms with E-state index in [0.717, 1.165) is 19.3 Å². The molecule has 6 heteroatoms. The van der Waals surface area contributed by atoms with Gasteiger partial charge in [-0.3, -0.25) is 4.79 Å². The van der Waals surface area contributed by atoms with Crippen LogP contribution >= 0.6 is 11.6 Å². The van der Waals surface area contributed by atoms with Crippen molar-refractivity contribution in [3.63, 3.8) is 0 Å². The minimum atomic E-state index is -0.119. The van der Waals surface area contributed by atoms with Crippen LogP contribution in [0.15, 0.2) is 11.0 Å². The van der Waals surface area contributed by atoms with Gasteiger partial charge in [0.25, 0.3) is 5.56 Å². The Morgan fingerprint density at radius 2 is 2.25 bits per heavy atom. The molecule has 0 saturated heterocycles. The fraction of sp³-hybridized carbons (Fsp3) is 0.714. The maximum atomic E-state index is 12.4. The van der Waals surface area contributed by atoms with Crippen LogP contribution < -0.4 is 10.9 Å². The normalized spacial score (nSPS) is 25.9. The van der Waals surface area contributed by atoms with Crippen LogP contribution in [0.5, 0.6) is 0 Å². The second kappa shape index (κ2) is 5.74. The summed E-state index contributed by atoms with van der Waals surface area (Å²) in [7, 11) is 1.71. The lowest BCUT2D eigenvalue weighted by atomic mass is 10.2. The van der Waals surface area contributed by atoms with Crippen molar-refractivity contribution in [2.24, 2.45) is 5.92 Å². The Balaban J connectivity index is 1.82. The number of anilines is 1. The zero-order chi connectivity index (χ0) is 14.1. The van der Waals surface area contributed by atoms with E-state index in [4.69, 9.17) is 16.3 Å². The van der Waals surface area contributed by atoms with Crippen molar-refractivity contribution in [3.05, 3.63) is 21.6 Å². The Hall–Kier alpha value is -1.07. The van der Waals surface area contributed by atoms with Crippen LogP contribution in [-0.4, -0.2) is 29.0 Å². The molecule has 5 nitrogen and oxygen atoms in total. The summed E-state index contributed by atoms with van der Waals surface area (Å²) in [6.45, 7) is 0.697. The fourth-order valence-electron chi connectivity index (χ4n) is 2.83. The number of ether oxygens (including phenoxy) is 1. The van der Waals surface area contributed by atoms with Gasteiger partial charge >= 0.3 is 0 Å². The third-order valence-corrected chi connectivity index (χ3v) is 4.50. The average molecular weight is 298 g/mol. The topological polar surface area (TPSA) is 56.1 Å². The molecular weight excluding hydrogens is 278 g/mol. The van der Waals surface area contributed by atoms with Crippen molar-refractivity contribution in [1.29, 1.82) is 0 Å². The van der Waals surface area contributed by atoms with E-state index >= 15 is 0 Å². The molecule has 2 aliphatic carbocycles.